The maximum Gasteiger partial charge on any atom is 0.202 e. The molecular weight excluding hydrogens is 367 g/mol. The van der Waals surface area contributed by atoms with Gasteiger partial charge < -0.3 is 9.47 Å². The summed E-state index contributed by atoms with van der Waals surface area (Å²) in [4.78, 5) is 12.3. The predicted octanol–water partition coefficient (Wildman–Crippen LogP) is 3.95. The summed E-state index contributed by atoms with van der Waals surface area (Å²) in [5.74, 6) is 1.41. The zero-order chi connectivity index (χ0) is 14.5. The Kier molecular flexibility index (Phi) is 5.00. The number of hydrogen-bond acceptors (Lipinski definition) is 3. The Bertz CT molecular complexity index is 593. The highest BCUT2D eigenvalue weighted by atomic mass is 127. The van der Waals surface area contributed by atoms with Gasteiger partial charge in [0.1, 0.15) is 11.5 Å². The first-order chi connectivity index (χ1) is 9.61. The van der Waals surface area contributed by atoms with Crippen molar-refractivity contribution in [3.05, 3.63) is 57.7 Å². The number of benzene rings is 2. The fraction of sp³-hybridized carbons (Fsp3) is 0.188. The predicted molar refractivity (Wildman–Crippen MR) is 86.6 cm³/mol. The third-order valence-corrected chi connectivity index (χ3v) is 3.78. The van der Waals surface area contributed by atoms with E-state index in [4.69, 9.17) is 9.47 Å². The summed E-state index contributed by atoms with van der Waals surface area (Å²) < 4.78 is 11.8. The van der Waals surface area contributed by atoms with Gasteiger partial charge in [-0.2, -0.15) is 0 Å². The molecule has 2 aromatic rings. The monoisotopic (exact) mass is 382 g/mol. The van der Waals surface area contributed by atoms with E-state index in [1.165, 1.54) is 0 Å². The Morgan fingerprint density at radius 1 is 1.10 bits per heavy atom. The summed E-state index contributed by atoms with van der Waals surface area (Å²) in [6.07, 6.45) is -0.528. The molecule has 104 valence electrons. The van der Waals surface area contributed by atoms with E-state index >= 15 is 0 Å². The van der Waals surface area contributed by atoms with Crippen LogP contribution in [-0.4, -0.2) is 19.0 Å². The van der Waals surface area contributed by atoms with E-state index < -0.39 is 6.10 Å². The number of carbonyl (C=O) groups is 1. The molecule has 1 atom stereocenters. The molecule has 0 N–H and O–H groups in total. The number of halogens is 1. The minimum atomic E-state index is -0.528. The second-order valence-corrected chi connectivity index (χ2v) is 5.45. The summed E-state index contributed by atoms with van der Waals surface area (Å²) in [7, 11) is 1.60. The quantitative estimate of drug-likeness (QED) is 0.580. The summed E-state index contributed by atoms with van der Waals surface area (Å²) in [6, 6.07) is 14.7. The van der Waals surface area contributed by atoms with Crippen LogP contribution in [-0.2, 0) is 0 Å². The van der Waals surface area contributed by atoms with Gasteiger partial charge in [-0.15, -0.1) is 0 Å². The van der Waals surface area contributed by atoms with Gasteiger partial charge >= 0.3 is 0 Å². The molecule has 0 spiro atoms. The highest BCUT2D eigenvalue weighted by Gasteiger charge is 2.17. The van der Waals surface area contributed by atoms with Crippen LogP contribution in [0, 0.1) is 3.57 Å². The molecule has 0 fully saturated rings. The zero-order valence-electron chi connectivity index (χ0n) is 11.3. The third-order valence-electron chi connectivity index (χ3n) is 2.88. The van der Waals surface area contributed by atoms with Crippen molar-refractivity contribution in [3.8, 4) is 11.5 Å². The largest absolute Gasteiger partial charge is 0.497 e. The van der Waals surface area contributed by atoms with Crippen LogP contribution in [0.25, 0.3) is 0 Å². The van der Waals surface area contributed by atoms with Crippen molar-refractivity contribution in [2.24, 2.45) is 0 Å². The van der Waals surface area contributed by atoms with Gasteiger partial charge in [-0.3, -0.25) is 4.79 Å². The van der Waals surface area contributed by atoms with E-state index in [1.807, 2.05) is 24.3 Å². The molecule has 0 aliphatic rings. The van der Waals surface area contributed by atoms with E-state index in [0.717, 1.165) is 15.1 Å². The average molecular weight is 382 g/mol. The van der Waals surface area contributed by atoms with Crippen LogP contribution in [0.3, 0.4) is 0 Å². The number of hydrogen-bond donors (Lipinski definition) is 0. The summed E-state index contributed by atoms with van der Waals surface area (Å²) in [6.45, 7) is 1.76. The highest BCUT2D eigenvalue weighted by molar-refractivity contribution is 14.1. The average Bonchev–Trinajstić information content (AvgIpc) is 2.49. The molecule has 0 aliphatic heterocycles. The first kappa shape index (κ1) is 14.8. The van der Waals surface area contributed by atoms with Gasteiger partial charge in [0.15, 0.2) is 6.10 Å². The summed E-state index contributed by atoms with van der Waals surface area (Å²) in [5.41, 5.74) is 0.615. The highest BCUT2D eigenvalue weighted by Crippen LogP contribution is 2.22. The topological polar surface area (TPSA) is 35.5 Å². The molecule has 0 saturated carbocycles. The molecule has 0 amide bonds. The van der Waals surface area contributed by atoms with Crippen LogP contribution in [0.4, 0.5) is 0 Å². The number of ketones is 1. The Morgan fingerprint density at radius 3 is 2.35 bits per heavy atom. The van der Waals surface area contributed by atoms with Crippen molar-refractivity contribution in [2.75, 3.05) is 7.11 Å². The maximum absolute atomic E-state index is 12.3. The number of carbonyl (C=O) groups excluding carboxylic acids is 1. The van der Waals surface area contributed by atoms with Crippen LogP contribution >= 0.6 is 22.6 Å². The fourth-order valence-electron chi connectivity index (χ4n) is 1.77. The first-order valence-electron chi connectivity index (χ1n) is 6.21. The Hall–Kier alpha value is -1.56. The van der Waals surface area contributed by atoms with E-state index in [9.17, 15) is 4.79 Å². The normalized spacial score (nSPS) is 11.8. The van der Waals surface area contributed by atoms with E-state index in [2.05, 4.69) is 22.6 Å². The third kappa shape index (κ3) is 3.50. The minimum Gasteiger partial charge on any atom is -0.497 e. The van der Waals surface area contributed by atoms with Crippen molar-refractivity contribution in [3.63, 3.8) is 0 Å². The van der Waals surface area contributed by atoms with Gasteiger partial charge in [0, 0.05) is 5.56 Å². The SMILES string of the molecule is COc1ccc(C(=O)C(C)Oc2ccccc2I)cc1. The number of rotatable bonds is 5. The lowest BCUT2D eigenvalue weighted by Gasteiger charge is -2.15. The number of para-hydroxylation sites is 1. The first-order valence-corrected chi connectivity index (χ1v) is 7.29. The van der Waals surface area contributed by atoms with Crippen LogP contribution in [0.5, 0.6) is 11.5 Å². The van der Waals surface area contributed by atoms with Crippen molar-refractivity contribution in [1.29, 1.82) is 0 Å². The van der Waals surface area contributed by atoms with Crippen LogP contribution in [0.2, 0.25) is 0 Å². The molecular formula is C16H15IO3. The van der Waals surface area contributed by atoms with Crippen molar-refractivity contribution < 1.29 is 14.3 Å². The number of Topliss-reactive ketones (excluding diaryl/α,β-unsaturated/α-hetero) is 1. The number of ether oxygens (including phenoxy) is 2. The van der Waals surface area contributed by atoms with Gasteiger partial charge in [0.2, 0.25) is 5.78 Å². The molecule has 3 nitrogen and oxygen atoms in total. The maximum atomic E-state index is 12.3. The Balaban J connectivity index is 2.10. The molecule has 0 radical (unpaired) electrons. The van der Waals surface area contributed by atoms with Gasteiger partial charge in [0.25, 0.3) is 0 Å². The minimum absolute atomic E-state index is 0.0488. The Morgan fingerprint density at radius 2 is 1.75 bits per heavy atom. The molecule has 2 rings (SSSR count). The van der Waals surface area contributed by atoms with Gasteiger partial charge in [0.05, 0.1) is 10.7 Å². The Labute approximate surface area is 132 Å². The van der Waals surface area contributed by atoms with Crippen LogP contribution in [0.1, 0.15) is 17.3 Å². The van der Waals surface area contributed by atoms with E-state index in [-0.39, 0.29) is 5.78 Å². The molecule has 1 unspecified atom stereocenters. The van der Waals surface area contributed by atoms with Gasteiger partial charge in [-0.25, -0.2) is 0 Å². The number of methoxy groups -OCH3 is 1. The van der Waals surface area contributed by atoms with E-state index in [0.29, 0.717) is 5.56 Å². The fourth-order valence-corrected chi connectivity index (χ4v) is 2.29. The molecule has 0 saturated heterocycles. The lowest BCUT2D eigenvalue weighted by Crippen LogP contribution is -2.24. The summed E-state index contributed by atoms with van der Waals surface area (Å²) in [5, 5.41) is 0. The lowest BCUT2D eigenvalue weighted by atomic mass is 10.1. The lowest BCUT2D eigenvalue weighted by molar-refractivity contribution is 0.0817. The zero-order valence-corrected chi connectivity index (χ0v) is 13.5. The van der Waals surface area contributed by atoms with Crippen molar-refractivity contribution >= 4 is 28.4 Å². The van der Waals surface area contributed by atoms with Crippen LogP contribution < -0.4 is 9.47 Å². The second-order valence-electron chi connectivity index (χ2n) is 4.28. The summed E-state index contributed by atoms with van der Waals surface area (Å²) >= 11 is 2.19. The second kappa shape index (κ2) is 6.74. The molecule has 20 heavy (non-hydrogen) atoms. The molecule has 0 heterocycles. The molecule has 0 aliphatic carbocycles. The van der Waals surface area contributed by atoms with Gasteiger partial charge in [-0.1, -0.05) is 12.1 Å². The molecule has 2 aromatic carbocycles. The standard InChI is InChI=1S/C16H15IO3/c1-11(20-15-6-4-3-5-14(15)17)16(18)12-7-9-13(19-2)10-8-12/h3-11H,1-2H3. The molecule has 0 bridgehead atoms. The van der Waals surface area contributed by atoms with Crippen LogP contribution in [0.15, 0.2) is 48.5 Å². The van der Waals surface area contributed by atoms with Crippen molar-refractivity contribution in [1.82, 2.24) is 0 Å². The smallest absolute Gasteiger partial charge is 0.202 e. The van der Waals surface area contributed by atoms with E-state index in [1.54, 1.807) is 38.3 Å². The molecule has 4 heteroatoms. The molecule has 0 aromatic heterocycles. The van der Waals surface area contributed by atoms with Crippen molar-refractivity contribution in [2.45, 2.75) is 13.0 Å². The van der Waals surface area contributed by atoms with Gasteiger partial charge in [-0.05, 0) is 65.9 Å².